The summed E-state index contributed by atoms with van der Waals surface area (Å²) in [5.41, 5.74) is 0.488. The fraction of sp³-hybridized carbons (Fsp3) is 0.292. The van der Waals surface area contributed by atoms with E-state index >= 15 is 0 Å². The van der Waals surface area contributed by atoms with Crippen molar-refractivity contribution in [1.82, 2.24) is 20.6 Å². The van der Waals surface area contributed by atoms with E-state index in [2.05, 4.69) is 20.6 Å². The molecule has 0 spiro atoms. The molecule has 10 heteroatoms. The normalized spacial score (nSPS) is 20.6. The number of ketones is 1. The second kappa shape index (κ2) is 9.70. The zero-order valence-corrected chi connectivity index (χ0v) is 19.5. The van der Waals surface area contributed by atoms with Gasteiger partial charge in [0.1, 0.15) is 34.6 Å². The fourth-order valence-corrected chi connectivity index (χ4v) is 4.36. The number of Topliss-reactive ketones (excluding diaryl/α,β-unsaturated/α-hetero) is 1. The third-order valence-corrected chi connectivity index (χ3v) is 6.77. The number of hydrogen-bond acceptors (Lipinski definition) is 8. The summed E-state index contributed by atoms with van der Waals surface area (Å²) in [6.45, 7) is 3.25. The second-order valence-corrected chi connectivity index (χ2v) is 9.10. The van der Waals surface area contributed by atoms with Crippen LogP contribution in [-0.2, 0) is 20.7 Å². The van der Waals surface area contributed by atoms with Crippen molar-refractivity contribution in [3.05, 3.63) is 65.4 Å². The van der Waals surface area contributed by atoms with Crippen molar-refractivity contribution in [3.63, 3.8) is 0 Å². The summed E-state index contributed by atoms with van der Waals surface area (Å²) in [7, 11) is 0. The summed E-state index contributed by atoms with van der Waals surface area (Å²) in [6.07, 6.45) is 2.95. The van der Waals surface area contributed by atoms with Crippen LogP contribution in [0, 0.1) is 0 Å². The first-order valence-electron chi connectivity index (χ1n) is 10.7. The molecule has 0 saturated carbocycles. The van der Waals surface area contributed by atoms with E-state index in [0.29, 0.717) is 5.01 Å². The Morgan fingerprint density at radius 3 is 2.71 bits per heavy atom. The SMILES string of the molecule is CC1OCC(=O)C1(C)NC(=O)C(Cc1ccc(O)cc1)NC(=O)c1csc(-c2cccnc2)n1. The lowest BCUT2D eigenvalue weighted by molar-refractivity contribution is -0.130. The van der Waals surface area contributed by atoms with Gasteiger partial charge in [0.25, 0.3) is 5.91 Å². The summed E-state index contributed by atoms with van der Waals surface area (Å²) >= 11 is 1.30. The maximum Gasteiger partial charge on any atom is 0.271 e. The van der Waals surface area contributed by atoms with Crippen molar-refractivity contribution < 1.29 is 24.2 Å². The first-order valence-corrected chi connectivity index (χ1v) is 11.6. The van der Waals surface area contributed by atoms with Crippen LogP contribution < -0.4 is 10.6 Å². The van der Waals surface area contributed by atoms with E-state index < -0.39 is 29.5 Å². The summed E-state index contributed by atoms with van der Waals surface area (Å²) in [5.74, 6) is -1.17. The van der Waals surface area contributed by atoms with Crippen LogP contribution in [0.1, 0.15) is 29.9 Å². The van der Waals surface area contributed by atoms with E-state index in [1.165, 1.54) is 23.5 Å². The third-order valence-electron chi connectivity index (χ3n) is 5.88. The molecule has 3 unspecified atom stereocenters. The molecular weight excluding hydrogens is 456 g/mol. The number of benzene rings is 1. The first kappa shape index (κ1) is 23.5. The fourth-order valence-electron chi connectivity index (χ4n) is 3.57. The number of nitrogens with zero attached hydrogens (tertiary/aromatic N) is 2. The Morgan fingerprint density at radius 2 is 2.06 bits per heavy atom. The van der Waals surface area contributed by atoms with Crippen LogP contribution in [0.5, 0.6) is 5.75 Å². The number of thiazole rings is 1. The van der Waals surface area contributed by atoms with Gasteiger partial charge < -0.3 is 20.5 Å². The molecule has 2 aromatic heterocycles. The largest absolute Gasteiger partial charge is 0.508 e. The number of phenols is 1. The van der Waals surface area contributed by atoms with Crippen LogP contribution in [0.4, 0.5) is 0 Å². The van der Waals surface area contributed by atoms with E-state index in [-0.39, 0.29) is 30.3 Å². The summed E-state index contributed by atoms with van der Waals surface area (Å²) in [4.78, 5) is 47.1. The second-order valence-electron chi connectivity index (χ2n) is 8.24. The summed E-state index contributed by atoms with van der Waals surface area (Å²) < 4.78 is 5.39. The van der Waals surface area contributed by atoms with Crippen LogP contribution in [0.25, 0.3) is 10.6 Å². The minimum absolute atomic E-state index is 0.0805. The van der Waals surface area contributed by atoms with Gasteiger partial charge in [-0.25, -0.2) is 4.98 Å². The Hall–Kier alpha value is -3.63. The molecule has 1 aliphatic rings. The highest BCUT2D eigenvalue weighted by Crippen LogP contribution is 2.24. The number of aromatic nitrogens is 2. The van der Waals surface area contributed by atoms with Crippen LogP contribution in [-0.4, -0.2) is 57.0 Å². The molecule has 34 heavy (non-hydrogen) atoms. The van der Waals surface area contributed by atoms with Crippen molar-refractivity contribution in [1.29, 1.82) is 0 Å². The molecule has 3 aromatic rings. The van der Waals surface area contributed by atoms with Crippen molar-refractivity contribution >= 4 is 28.9 Å². The molecule has 176 valence electrons. The Labute approximate surface area is 200 Å². The molecule has 9 nitrogen and oxygen atoms in total. The highest BCUT2D eigenvalue weighted by molar-refractivity contribution is 7.13. The number of carbonyl (C=O) groups excluding carboxylic acids is 3. The van der Waals surface area contributed by atoms with E-state index in [1.807, 2.05) is 6.07 Å². The number of ether oxygens (including phenoxy) is 1. The molecule has 1 aromatic carbocycles. The van der Waals surface area contributed by atoms with Crippen molar-refractivity contribution in [2.45, 2.75) is 38.0 Å². The van der Waals surface area contributed by atoms with Crippen LogP contribution >= 0.6 is 11.3 Å². The average molecular weight is 481 g/mol. The Bertz CT molecular complexity index is 1200. The van der Waals surface area contributed by atoms with Gasteiger partial charge in [0.05, 0.1) is 6.10 Å². The third kappa shape index (κ3) is 4.97. The van der Waals surface area contributed by atoms with Crippen LogP contribution in [0.2, 0.25) is 0 Å². The lowest BCUT2D eigenvalue weighted by atomic mass is 9.92. The number of aromatic hydroxyl groups is 1. The quantitative estimate of drug-likeness (QED) is 0.472. The molecule has 1 fully saturated rings. The van der Waals surface area contributed by atoms with Crippen LogP contribution in [0.3, 0.4) is 0 Å². The van der Waals surface area contributed by atoms with E-state index in [1.54, 1.807) is 49.8 Å². The van der Waals surface area contributed by atoms with E-state index in [0.717, 1.165) is 11.1 Å². The summed E-state index contributed by atoms with van der Waals surface area (Å²) in [5, 5.41) is 17.3. The molecule has 0 bridgehead atoms. The van der Waals surface area contributed by atoms with Gasteiger partial charge in [-0.1, -0.05) is 12.1 Å². The predicted molar refractivity (Wildman–Crippen MR) is 125 cm³/mol. The highest BCUT2D eigenvalue weighted by Gasteiger charge is 2.47. The number of nitrogens with one attached hydrogen (secondary N) is 2. The minimum atomic E-state index is -1.19. The number of hydrogen-bond donors (Lipinski definition) is 3. The first-order chi connectivity index (χ1) is 16.3. The predicted octanol–water partition coefficient (Wildman–Crippen LogP) is 2.11. The molecule has 3 atom stereocenters. The van der Waals surface area contributed by atoms with Crippen LogP contribution in [0.15, 0.2) is 54.2 Å². The molecule has 4 rings (SSSR count). The number of phenolic OH excluding ortho intramolecular Hbond substituents is 1. The summed E-state index contributed by atoms with van der Waals surface area (Å²) in [6, 6.07) is 8.98. The van der Waals surface area contributed by atoms with Gasteiger partial charge in [0.15, 0.2) is 5.78 Å². The molecule has 3 heterocycles. The van der Waals surface area contributed by atoms with Gasteiger partial charge in [0.2, 0.25) is 5.91 Å². The molecule has 3 N–H and O–H groups in total. The monoisotopic (exact) mass is 480 g/mol. The van der Waals surface area contributed by atoms with Gasteiger partial charge in [-0.15, -0.1) is 11.3 Å². The van der Waals surface area contributed by atoms with Crippen molar-refractivity contribution in [3.8, 4) is 16.3 Å². The van der Waals surface area contributed by atoms with Crippen molar-refractivity contribution in [2.75, 3.05) is 6.61 Å². The average Bonchev–Trinajstić information content (AvgIpc) is 3.42. The van der Waals surface area contributed by atoms with Gasteiger partial charge in [-0.2, -0.15) is 0 Å². The number of pyridine rings is 1. The molecule has 1 saturated heterocycles. The Balaban J connectivity index is 1.54. The molecule has 1 aliphatic heterocycles. The number of carbonyl (C=O) groups is 3. The standard InChI is InChI=1S/C24H24N4O5S/c1-14-24(2,20(30)12-33-14)28-22(32)18(10-15-5-7-17(29)8-6-15)26-21(31)19-13-34-23(27-19)16-4-3-9-25-11-16/h3-9,11,13-14,18,29H,10,12H2,1-2H3,(H,26,31)(H,28,32). The maximum atomic E-state index is 13.3. The molecular formula is C24H24N4O5S. The smallest absolute Gasteiger partial charge is 0.271 e. The topological polar surface area (TPSA) is 131 Å². The zero-order chi connectivity index (χ0) is 24.3. The lowest BCUT2D eigenvalue weighted by Gasteiger charge is -2.29. The van der Waals surface area contributed by atoms with E-state index in [4.69, 9.17) is 4.74 Å². The van der Waals surface area contributed by atoms with Gasteiger partial charge in [-0.3, -0.25) is 19.4 Å². The molecule has 2 amide bonds. The highest BCUT2D eigenvalue weighted by atomic mass is 32.1. The minimum Gasteiger partial charge on any atom is -0.508 e. The zero-order valence-electron chi connectivity index (χ0n) is 18.6. The Morgan fingerprint density at radius 1 is 1.29 bits per heavy atom. The van der Waals surface area contributed by atoms with Gasteiger partial charge in [0, 0.05) is 29.8 Å². The molecule has 0 aliphatic carbocycles. The molecule has 0 radical (unpaired) electrons. The maximum absolute atomic E-state index is 13.3. The Kier molecular flexibility index (Phi) is 6.71. The number of rotatable bonds is 7. The van der Waals surface area contributed by atoms with Crippen molar-refractivity contribution in [2.24, 2.45) is 0 Å². The lowest BCUT2D eigenvalue weighted by Crippen LogP contribution is -2.60. The van der Waals surface area contributed by atoms with E-state index in [9.17, 15) is 19.5 Å². The number of amides is 2. The van der Waals surface area contributed by atoms with Gasteiger partial charge >= 0.3 is 0 Å². The van der Waals surface area contributed by atoms with Gasteiger partial charge in [-0.05, 0) is 43.7 Å².